The highest BCUT2D eigenvalue weighted by Crippen LogP contribution is 2.24. The van der Waals surface area contributed by atoms with Crippen LogP contribution in [0, 0.1) is 5.82 Å². The lowest BCUT2D eigenvalue weighted by Gasteiger charge is -2.12. The van der Waals surface area contributed by atoms with Crippen molar-refractivity contribution >= 4 is 0 Å². The first-order valence-corrected chi connectivity index (χ1v) is 5.72. The van der Waals surface area contributed by atoms with Gasteiger partial charge in [0.05, 0.1) is 12.8 Å². The molecule has 3 nitrogen and oxygen atoms in total. The minimum absolute atomic E-state index is 0.420. The molecule has 1 N–H and O–H groups in total. The van der Waals surface area contributed by atoms with Crippen molar-refractivity contribution in [2.45, 2.75) is 13.0 Å². The van der Waals surface area contributed by atoms with Crippen LogP contribution in [-0.2, 0) is 0 Å². The first-order valence-electron chi connectivity index (χ1n) is 5.72. The molecule has 18 heavy (non-hydrogen) atoms. The van der Waals surface area contributed by atoms with E-state index in [9.17, 15) is 9.50 Å². The number of pyridine rings is 1. The van der Waals surface area contributed by atoms with E-state index in [0.29, 0.717) is 23.5 Å². The number of ether oxygens (including phenoxy) is 1. The van der Waals surface area contributed by atoms with Crippen LogP contribution in [0.1, 0.15) is 24.2 Å². The number of aromatic nitrogens is 1. The van der Waals surface area contributed by atoms with E-state index in [1.54, 1.807) is 18.2 Å². The Kier molecular flexibility index (Phi) is 3.89. The fourth-order valence-corrected chi connectivity index (χ4v) is 1.71. The molecule has 2 rings (SSSR count). The molecule has 0 amide bonds. The minimum atomic E-state index is -0.909. The van der Waals surface area contributed by atoms with Gasteiger partial charge in [0.15, 0.2) is 0 Å². The minimum Gasteiger partial charge on any atom is -0.494 e. The van der Waals surface area contributed by atoms with Gasteiger partial charge in [0.1, 0.15) is 17.7 Å². The third-order valence-electron chi connectivity index (χ3n) is 2.53. The third-order valence-corrected chi connectivity index (χ3v) is 2.53. The summed E-state index contributed by atoms with van der Waals surface area (Å²) in [4.78, 5) is 3.72. The van der Waals surface area contributed by atoms with E-state index >= 15 is 0 Å². The van der Waals surface area contributed by atoms with Crippen molar-refractivity contribution in [1.29, 1.82) is 0 Å². The van der Waals surface area contributed by atoms with E-state index in [4.69, 9.17) is 4.74 Å². The molecule has 0 saturated carbocycles. The van der Waals surface area contributed by atoms with Crippen molar-refractivity contribution in [3.63, 3.8) is 0 Å². The maximum Gasteiger partial charge on any atom is 0.141 e. The van der Waals surface area contributed by atoms with Gasteiger partial charge in [-0.2, -0.15) is 0 Å². The van der Waals surface area contributed by atoms with Gasteiger partial charge in [0, 0.05) is 11.8 Å². The molecule has 1 heterocycles. The Bertz CT molecular complexity index is 531. The SMILES string of the molecule is CCOc1cccc(C(O)c2cncc(F)c2)c1. The molecule has 0 aliphatic carbocycles. The molecule has 0 aliphatic heterocycles. The zero-order valence-corrected chi connectivity index (χ0v) is 10.0. The van der Waals surface area contributed by atoms with Gasteiger partial charge in [0.25, 0.3) is 0 Å². The molecule has 1 aromatic heterocycles. The monoisotopic (exact) mass is 247 g/mol. The van der Waals surface area contributed by atoms with Gasteiger partial charge in [-0.1, -0.05) is 12.1 Å². The molecule has 1 unspecified atom stereocenters. The van der Waals surface area contributed by atoms with Gasteiger partial charge >= 0.3 is 0 Å². The standard InChI is InChI=1S/C14H14FNO2/c1-2-18-13-5-3-4-10(7-13)14(17)11-6-12(15)9-16-8-11/h3-9,14,17H,2H2,1H3. The lowest BCUT2D eigenvalue weighted by Crippen LogP contribution is -2.01. The predicted octanol–water partition coefficient (Wildman–Crippen LogP) is 2.70. The number of aliphatic hydroxyl groups excluding tert-OH is 1. The Labute approximate surface area is 105 Å². The molecule has 0 aliphatic rings. The zero-order valence-electron chi connectivity index (χ0n) is 10.0. The van der Waals surface area contributed by atoms with Crippen LogP contribution in [0.3, 0.4) is 0 Å². The number of halogens is 1. The number of rotatable bonds is 4. The lowest BCUT2D eigenvalue weighted by molar-refractivity contribution is 0.218. The molecule has 1 aromatic carbocycles. The summed E-state index contributed by atoms with van der Waals surface area (Å²) in [6.07, 6.45) is 1.64. The summed E-state index contributed by atoms with van der Waals surface area (Å²) in [5.41, 5.74) is 1.07. The number of nitrogens with zero attached hydrogens (tertiary/aromatic N) is 1. The first kappa shape index (κ1) is 12.5. The second-order valence-corrected chi connectivity index (χ2v) is 3.84. The van der Waals surface area contributed by atoms with Crippen LogP contribution < -0.4 is 4.74 Å². The first-order chi connectivity index (χ1) is 8.70. The van der Waals surface area contributed by atoms with Gasteiger partial charge in [-0.25, -0.2) is 4.39 Å². The van der Waals surface area contributed by atoms with Crippen molar-refractivity contribution in [3.8, 4) is 5.75 Å². The van der Waals surface area contributed by atoms with Crippen LogP contribution in [-0.4, -0.2) is 16.7 Å². The molecule has 1 atom stereocenters. The van der Waals surface area contributed by atoms with Crippen molar-refractivity contribution in [2.75, 3.05) is 6.61 Å². The Morgan fingerprint density at radius 2 is 2.11 bits per heavy atom. The Hall–Kier alpha value is -1.94. The molecule has 0 radical (unpaired) electrons. The molecule has 0 fully saturated rings. The van der Waals surface area contributed by atoms with Gasteiger partial charge in [-0.15, -0.1) is 0 Å². The Morgan fingerprint density at radius 3 is 2.83 bits per heavy atom. The summed E-state index contributed by atoms with van der Waals surface area (Å²) in [6, 6.07) is 8.36. The van der Waals surface area contributed by atoms with Gasteiger partial charge in [0.2, 0.25) is 0 Å². The topological polar surface area (TPSA) is 42.4 Å². The number of hydrogen-bond acceptors (Lipinski definition) is 3. The van der Waals surface area contributed by atoms with Crippen LogP contribution in [0.25, 0.3) is 0 Å². The van der Waals surface area contributed by atoms with Crippen molar-refractivity contribution in [3.05, 3.63) is 59.7 Å². The smallest absolute Gasteiger partial charge is 0.141 e. The van der Waals surface area contributed by atoms with E-state index in [1.807, 2.05) is 13.0 Å². The predicted molar refractivity (Wildman–Crippen MR) is 65.9 cm³/mol. The van der Waals surface area contributed by atoms with E-state index in [-0.39, 0.29) is 0 Å². The Morgan fingerprint density at radius 1 is 1.28 bits per heavy atom. The number of aliphatic hydroxyl groups is 1. The molecule has 0 saturated heterocycles. The Balaban J connectivity index is 2.27. The highest BCUT2D eigenvalue weighted by atomic mass is 19.1. The summed E-state index contributed by atoms with van der Waals surface area (Å²) >= 11 is 0. The molecule has 4 heteroatoms. The highest BCUT2D eigenvalue weighted by molar-refractivity contribution is 5.34. The van der Waals surface area contributed by atoms with Gasteiger partial charge < -0.3 is 9.84 Å². The van der Waals surface area contributed by atoms with E-state index in [1.165, 1.54) is 12.3 Å². The van der Waals surface area contributed by atoms with E-state index in [0.717, 1.165) is 6.20 Å². The summed E-state index contributed by atoms with van der Waals surface area (Å²) < 4.78 is 18.4. The van der Waals surface area contributed by atoms with Gasteiger partial charge in [-0.3, -0.25) is 4.98 Å². The number of hydrogen-bond donors (Lipinski definition) is 1. The van der Waals surface area contributed by atoms with E-state index in [2.05, 4.69) is 4.98 Å². The van der Waals surface area contributed by atoms with Crippen molar-refractivity contribution < 1.29 is 14.2 Å². The summed E-state index contributed by atoms with van der Waals surface area (Å²) in [5.74, 6) is 0.214. The summed E-state index contributed by atoms with van der Waals surface area (Å²) in [7, 11) is 0. The van der Waals surface area contributed by atoms with Crippen LogP contribution in [0.5, 0.6) is 5.75 Å². The summed E-state index contributed by atoms with van der Waals surface area (Å²) in [6.45, 7) is 2.45. The van der Waals surface area contributed by atoms with Crippen molar-refractivity contribution in [1.82, 2.24) is 4.98 Å². The van der Waals surface area contributed by atoms with Crippen LogP contribution in [0.4, 0.5) is 4.39 Å². The maximum atomic E-state index is 13.0. The average Bonchev–Trinajstić information content (AvgIpc) is 2.39. The van der Waals surface area contributed by atoms with Gasteiger partial charge in [-0.05, 0) is 30.7 Å². The largest absolute Gasteiger partial charge is 0.494 e. The number of benzene rings is 1. The normalized spacial score (nSPS) is 12.2. The third kappa shape index (κ3) is 2.84. The molecular formula is C14H14FNO2. The second-order valence-electron chi connectivity index (χ2n) is 3.84. The summed E-state index contributed by atoms with van der Waals surface area (Å²) in [5, 5.41) is 10.1. The molecule has 94 valence electrons. The maximum absolute atomic E-state index is 13.0. The van der Waals surface area contributed by atoms with Crippen LogP contribution >= 0.6 is 0 Å². The van der Waals surface area contributed by atoms with Crippen LogP contribution in [0.15, 0.2) is 42.7 Å². The molecule has 2 aromatic rings. The fourth-order valence-electron chi connectivity index (χ4n) is 1.71. The zero-order chi connectivity index (χ0) is 13.0. The average molecular weight is 247 g/mol. The van der Waals surface area contributed by atoms with Crippen LogP contribution in [0.2, 0.25) is 0 Å². The molecule has 0 spiro atoms. The highest BCUT2D eigenvalue weighted by Gasteiger charge is 2.12. The van der Waals surface area contributed by atoms with Crippen molar-refractivity contribution in [2.24, 2.45) is 0 Å². The van der Waals surface area contributed by atoms with E-state index < -0.39 is 11.9 Å². The second kappa shape index (κ2) is 5.60. The molecule has 0 bridgehead atoms. The molecular weight excluding hydrogens is 233 g/mol. The quantitative estimate of drug-likeness (QED) is 0.903. The fraction of sp³-hybridized carbons (Fsp3) is 0.214. The lowest BCUT2D eigenvalue weighted by atomic mass is 10.0.